The summed E-state index contributed by atoms with van der Waals surface area (Å²) >= 11 is 10.3. The third-order valence-electron chi connectivity index (χ3n) is 4.72. The van der Waals surface area contributed by atoms with Crippen LogP contribution in [0.5, 0.6) is 0 Å². The van der Waals surface area contributed by atoms with Crippen LogP contribution in [0.2, 0.25) is 0 Å². The molecule has 1 heterocycles. The van der Waals surface area contributed by atoms with E-state index in [1.165, 1.54) is 26.4 Å². The Morgan fingerprint density at radius 3 is 2.48 bits per heavy atom. The number of methoxy groups -OCH3 is 2. The van der Waals surface area contributed by atoms with Crippen LogP contribution in [-0.2, 0) is 39.9 Å². The van der Waals surface area contributed by atoms with Crippen LogP contribution in [0.25, 0.3) is 0 Å². The lowest BCUT2D eigenvalue weighted by Crippen LogP contribution is -2.49. The third-order valence-corrected chi connectivity index (χ3v) is 6.66. The van der Waals surface area contributed by atoms with Crippen molar-refractivity contribution in [2.45, 2.75) is 24.7 Å². The first kappa shape index (κ1) is 24.3. The Kier molecular flexibility index (Phi) is 9.11. The van der Waals surface area contributed by atoms with Gasteiger partial charge in [-0.05, 0) is 30.4 Å². The van der Waals surface area contributed by atoms with Gasteiger partial charge in [0, 0.05) is 52.5 Å². The number of hydrogen-bond acceptors (Lipinski definition) is 8. The zero-order valence-electron chi connectivity index (χ0n) is 16.4. The molecule has 2 unspecified atom stereocenters. The highest BCUT2D eigenvalue weighted by Crippen LogP contribution is 2.48. The number of nitrogens with zero attached hydrogens (tertiary/aromatic N) is 1. The molecule has 1 aliphatic carbocycles. The summed E-state index contributed by atoms with van der Waals surface area (Å²) in [4.78, 5) is 34.3. The minimum atomic E-state index is -3.39. The molecule has 0 spiro atoms. The maximum Gasteiger partial charge on any atom is 0.324 e. The predicted molar refractivity (Wildman–Crippen MR) is 113 cm³/mol. The lowest BCUT2D eigenvalue weighted by atomic mass is 10.1. The molecular weight excluding hydrogens is 441 g/mol. The summed E-state index contributed by atoms with van der Waals surface area (Å²) in [5, 5.41) is 6.48. The van der Waals surface area contributed by atoms with E-state index in [1.54, 1.807) is 7.11 Å². The number of ether oxygens (including phenoxy) is 2. The van der Waals surface area contributed by atoms with Gasteiger partial charge in [-0.2, -0.15) is 0 Å². The van der Waals surface area contributed by atoms with E-state index in [0.29, 0.717) is 24.7 Å². The van der Waals surface area contributed by atoms with Gasteiger partial charge in [-0.25, -0.2) is 0 Å². The summed E-state index contributed by atoms with van der Waals surface area (Å²) in [6, 6.07) is -0.228. The molecule has 0 radical (unpaired) electrons. The second-order valence-electron chi connectivity index (χ2n) is 6.54. The zero-order valence-corrected chi connectivity index (χ0v) is 18.9. The minimum absolute atomic E-state index is 0.0965. The SMILES string of the molecule is COC[C@H]1C[C@@H](NC(=S)NCCN2C(=O)C=CC2=O)[C@@H](OC)C1OP(O)(=S)OC. The van der Waals surface area contributed by atoms with Crippen LogP contribution in [-0.4, -0.2) is 86.0 Å². The number of hydrogen-bond donors (Lipinski definition) is 3. The highest BCUT2D eigenvalue weighted by molar-refractivity contribution is 8.07. The topological polar surface area (TPSA) is 119 Å². The molecule has 1 fully saturated rings. The average Bonchev–Trinajstić information content (AvgIpc) is 3.15. The molecule has 2 rings (SSSR count). The molecule has 0 aromatic carbocycles. The first-order valence-corrected chi connectivity index (χ1v) is 11.9. The number of thiocarbonyl (C=S) groups is 1. The van der Waals surface area contributed by atoms with E-state index in [2.05, 4.69) is 10.6 Å². The largest absolute Gasteiger partial charge is 0.384 e. The molecule has 0 aromatic rings. The summed E-state index contributed by atoms with van der Waals surface area (Å²) in [7, 11) is 4.41. The summed E-state index contributed by atoms with van der Waals surface area (Å²) in [5.41, 5.74) is 0. The van der Waals surface area contributed by atoms with Gasteiger partial charge >= 0.3 is 6.72 Å². The molecule has 5 atom stereocenters. The highest BCUT2D eigenvalue weighted by atomic mass is 32.5. The van der Waals surface area contributed by atoms with Crippen molar-refractivity contribution in [2.24, 2.45) is 5.92 Å². The molecule has 2 amide bonds. The maximum absolute atomic E-state index is 11.6. The molecule has 2 aliphatic rings. The Labute approximate surface area is 180 Å². The molecule has 0 aromatic heterocycles. The van der Waals surface area contributed by atoms with Crippen molar-refractivity contribution in [1.29, 1.82) is 0 Å². The molecule has 164 valence electrons. The third kappa shape index (κ3) is 6.50. The number of carbonyl (C=O) groups excluding carboxylic acids is 2. The number of amides is 2. The fraction of sp³-hybridized carbons (Fsp3) is 0.688. The molecule has 1 saturated carbocycles. The zero-order chi connectivity index (χ0) is 21.6. The summed E-state index contributed by atoms with van der Waals surface area (Å²) in [5.74, 6) is -0.779. The second-order valence-corrected chi connectivity index (χ2v) is 9.85. The Morgan fingerprint density at radius 2 is 1.93 bits per heavy atom. The van der Waals surface area contributed by atoms with Gasteiger partial charge < -0.3 is 34.0 Å². The van der Waals surface area contributed by atoms with Gasteiger partial charge in [0.25, 0.3) is 11.8 Å². The molecule has 0 saturated heterocycles. The van der Waals surface area contributed by atoms with E-state index in [-0.39, 0.29) is 30.3 Å². The van der Waals surface area contributed by atoms with Crippen LogP contribution in [0.4, 0.5) is 0 Å². The van der Waals surface area contributed by atoms with Crippen LogP contribution in [0.1, 0.15) is 6.42 Å². The van der Waals surface area contributed by atoms with Crippen LogP contribution < -0.4 is 10.6 Å². The molecule has 1 aliphatic heterocycles. The van der Waals surface area contributed by atoms with Gasteiger partial charge in [0.15, 0.2) is 5.11 Å². The summed E-state index contributed by atoms with van der Waals surface area (Å²) in [6.07, 6.45) is 2.08. The molecular formula is C16H26N3O7PS2. The molecule has 3 N–H and O–H groups in total. The van der Waals surface area contributed by atoms with Gasteiger partial charge in [0.2, 0.25) is 0 Å². The minimum Gasteiger partial charge on any atom is -0.384 e. The molecule has 10 nitrogen and oxygen atoms in total. The van der Waals surface area contributed by atoms with Crippen LogP contribution >= 0.6 is 18.9 Å². The van der Waals surface area contributed by atoms with E-state index >= 15 is 0 Å². The quantitative estimate of drug-likeness (QED) is 0.223. The van der Waals surface area contributed by atoms with Gasteiger partial charge in [0.05, 0.1) is 12.6 Å². The first-order valence-electron chi connectivity index (χ1n) is 8.89. The Bertz CT molecular complexity index is 690. The normalized spacial score (nSPS) is 28.6. The Balaban J connectivity index is 1.92. The van der Waals surface area contributed by atoms with Crippen LogP contribution in [0.15, 0.2) is 12.2 Å². The fourth-order valence-electron chi connectivity index (χ4n) is 3.40. The number of rotatable bonds is 10. The van der Waals surface area contributed by atoms with E-state index in [1.807, 2.05) is 0 Å². The first-order chi connectivity index (χ1) is 13.7. The number of nitrogens with one attached hydrogen (secondary N) is 2. The molecule has 0 bridgehead atoms. The van der Waals surface area contributed by atoms with Crippen LogP contribution in [0, 0.1) is 5.92 Å². The van der Waals surface area contributed by atoms with Crippen molar-refractivity contribution in [2.75, 3.05) is 41.0 Å². The van der Waals surface area contributed by atoms with Crippen LogP contribution in [0.3, 0.4) is 0 Å². The van der Waals surface area contributed by atoms with Gasteiger partial charge in [-0.15, -0.1) is 0 Å². The van der Waals surface area contributed by atoms with Crippen molar-refractivity contribution < 1.29 is 33.0 Å². The number of imide groups is 1. The smallest absolute Gasteiger partial charge is 0.324 e. The van der Waals surface area contributed by atoms with Crippen molar-refractivity contribution in [1.82, 2.24) is 15.5 Å². The van der Waals surface area contributed by atoms with E-state index in [9.17, 15) is 14.5 Å². The number of carbonyl (C=O) groups is 2. The van der Waals surface area contributed by atoms with Gasteiger partial charge in [-0.3, -0.25) is 14.5 Å². The van der Waals surface area contributed by atoms with Gasteiger partial charge in [0.1, 0.15) is 12.2 Å². The van der Waals surface area contributed by atoms with Crippen molar-refractivity contribution in [3.05, 3.63) is 12.2 Å². The maximum atomic E-state index is 11.6. The lowest BCUT2D eigenvalue weighted by molar-refractivity contribution is -0.136. The molecule has 13 heteroatoms. The van der Waals surface area contributed by atoms with E-state index in [0.717, 1.165) is 4.90 Å². The second kappa shape index (κ2) is 10.9. The predicted octanol–water partition coefficient (Wildman–Crippen LogP) is -0.326. The average molecular weight is 468 g/mol. The Hall–Kier alpha value is -0.980. The fourth-order valence-corrected chi connectivity index (χ4v) is 4.64. The highest BCUT2D eigenvalue weighted by Gasteiger charge is 2.47. The van der Waals surface area contributed by atoms with Gasteiger partial charge in [-0.1, -0.05) is 0 Å². The summed E-state index contributed by atoms with van der Waals surface area (Å²) in [6.45, 7) is -2.51. The van der Waals surface area contributed by atoms with E-state index < -0.39 is 18.9 Å². The summed E-state index contributed by atoms with van der Waals surface area (Å²) < 4.78 is 21.4. The van der Waals surface area contributed by atoms with Crippen molar-refractivity contribution >= 4 is 47.7 Å². The van der Waals surface area contributed by atoms with E-state index in [4.69, 9.17) is 42.5 Å². The monoisotopic (exact) mass is 467 g/mol. The Morgan fingerprint density at radius 1 is 1.28 bits per heavy atom. The standard InChI is InChI=1S/C16H26N3O7PS2/c1-23-9-10-8-11(15(24-2)14(10)26-27(22,29)25-3)18-16(28)17-6-7-19-12(20)4-5-13(19)21/h4-5,10-11,14-15H,6-9H2,1-3H3,(H,22,29)(H2,17,18,28)/t10-,11-,14?,15-,27?/m1/s1. The van der Waals surface area contributed by atoms with Crippen molar-refractivity contribution in [3.63, 3.8) is 0 Å². The molecule has 29 heavy (non-hydrogen) atoms. The lowest BCUT2D eigenvalue weighted by Gasteiger charge is -2.28. The van der Waals surface area contributed by atoms with Crippen molar-refractivity contribution in [3.8, 4) is 0 Å².